The Morgan fingerprint density at radius 1 is 1.05 bits per heavy atom. The summed E-state index contributed by atoms with van der Waals surface area (Å²) in [7, 11) is -0.0886. The molecule has 1 heterocycles. The van der Waals surface area contributed by atoms with E-state index >= 15 is 0 Å². The molecule has 10 heteroatoms. The van der Waals surface area contributed by atoms with Crippen LogP contribution in [0.5, 0.6) is 0 Å². The van der Waals surface area contributed by atoms with Crippen molar-refractivity contribution < 1.29 is 23.1 Å². The number of aryl methyl sites for hydroxylation is 1. The van der Waals surface area contributed by atoms with Gasteiger partial charge in [0, 0.05) is 48.9 Å². The molecule has 1 aliphatic rings. The Hall–Kier alpha value is -3.73. The predicted molar refractivity (Wildman–Crippen MR) is 160 cm³/mol. The highest BCUT2D eigenvalue weighted by molar-refractivity contribution is 7.91. The van der Waals surface area contributed by atoms with Gasteiger partial charge >= 0.3 is 0 Å². The third-order valence-corrected chi connectivity index (χ3v) is 9.42. The van der Waals surface area contributed by atoms with Crippen LogP contribution in [-0.4, -0.2) is 60.8 Å². The molecular formula is C31H36N4O5S. The number of sulfone groups is 1. The average Bonchev–Trinajstić information content (AvgIpc) is 3.32. The molecule has 0 aliphatic heterocycles. The fraction of sp³-hybridized carbons (Fsp3) is 0.355. The quantitative estimate of drug-likeness (QED) is 0.257. The molecule has 9 nitrogen and oxygen atoms in total. The van der Waals surface area contributed by atoms with Crippen LogP contribution in [0.1, 0.15) is 41.6 Å². The maximum absolute atomic E-state index is 12.8. The normalized spacial score (nSPS) is 17.4. The first kappa shape index (κ1) is 28.8. The van der Waals surface area contributed by atoms with Crippen molar-refractivity contribution in [2.24, 2.45) is 7.05 Å². The van der Waals surface area contributed by atoms with Gasteiger partial charge in [0.2, 0.25) is 0 Å². The molecule has 3 aromatic carbocycles. The molecule has 4 aromatic rings. The number of nitrogens with one attached hydrogen (secondary N) is 2. The van der Waals surface area contributed by atoms with E-state index in [0.29, 0.717) is 35.4 Å². The molecule has 3 N–H and O–H groups in total. The van der Waals surface area contributed by atoms with Gasteiger partial charge < -0.3 is 20.5 Å². The van der Waals surface area contributed by atoms with Crippen molar-refractivity contribution in [2.45, 2.75) is 49.3 Å². The minimum atomic E-state index is -3.47. The van der Waals surface area contributed by atoms with Crippen LogP contribution in [-0.2, 0) is 28.2 Å². The van der Waals surface area contributed by atoms with Gasteiger partial charge in [-0.15, -0.1) is 0 Å². The highest BCUT2D eigenvalue weighted by Crippen LogP contribution is 2.31. The second-order valence-electron chi connectivity index (χ2n) is 10.5. The molecule has 1 aromatic heterocycles. The number of methoxy groups -OCH3 is 1. The molecule has 41 heavy (non-hydrogen) atoms. The van der Waals surface area contributed by atoms with E-state index in [2.05, 4.69) is 10.6 Å². The van der Waals surface area contributed by atoms with Crippen molar-refractivity contribution in [3.8, 4) is 11.3 Å². The van der Waals surface area contributed by atoms with Gasteiger partial charge in [-0.2, -0.15) is 5.10 Å². The number of fused-ring (bicyclic) bond motifs is 1. The molecule has 5 rings (SSSR count). The predicted octanol–water partition coefficient (Wildman–Crippen LogP) is 4.31. The maximum Gasteiger partial charge on any atom is 0.251 e. The lowest BCUT2D eigenvalue weighted by molar-refractivity contribution is 0.0867. The van der Waals surface area contributed by atoms with E-state index in [1.54, 1.807) is 12.1 Å². The number of aromatic nitrogens is 2. The van der Waals surface area contributed by atoms with Crippen molar-refractivity contribution in [2.75, 3.05) is 24.8 Å². The molecule has 0 radical (unpaired) electrons. The topological polar surface area (TPSA) is 123 Å². The SMILES string of the molecule is COCCS(=O)(=O)c1ccccc1CNc1ccc2c(c1)c(-c1ccc(C(=O)NC3CCC(O)CC3)cc1)nn2C. The lowest BCUT2D eigenvalue weighted by Crippen LogP contribution is -2.38. The van der Waals surface area contributed by atoms with E-state index in [1.807, 2.05) is 66.3 Å². The van der Waals surface area contributed by atoms with E-state index in [0.717, 1.165) is 40.7 Å². The fourth-order valence-electron chi connectivity index (χ4n) is 5.31. The summed E-state index contributed by atoms with van der Waals surface area (Å²) in [4.78, 5) is 13.1. The number of ether oxygens (including phenoxy) is 1. The van der Waals surface area contributed by atoms with Crippen molar-refractivity contribution in [1.29, 1.82) is 0 Å². The second-order valence-corrected chi connectivity index (χ2v) is 12.6. The smallest absolute Gasteiger partial charge is 0.251 e. The largest absolute Gasteiger partial charge is 0.393 e. The molecule has 216 valence electrons. The number of rotatable bonds is 10. The fourth-order valence-corrected chi connectivity index (χ4v) is 6.74. The lowest BCUT2D eigenvalue weighted by atomic mass is 9.93. The Morgan fingerprint density at radius 3 is 2.51 bits per heavy atom. The number of amides is 1. The van der Waals surface area contributed by atoms with Crippen LogP contribution < -0.4 is 10.6 Å². The molecule has 1 amide bonds. The summed E-state index contributed by atoms with van der Waals surface area (Å²) in [5.74, 6) is -0.184. The summed E-state index contributed by atoms with van der Waals surface area (Å²) in [6, 6.07) is 20.5. The van der Waals surface area contributed by atoms with Crippen molar-refractivity contribution in [1.82, 2.24) is 15.1 Å². The molecule has 0 bridgehead atoms. The van der Waals surface area contributed by atoms with Gasteiger partial charge in [-0.25, -0.2) is 8.42 Å². The van der Waals surface area contributed by atoms with Gasteiger partial charge in [-0.05, 0) is 67.6 Å². The molecular weight excluding hydrogens is 540 g/mol. The summed E-state index contributed by atoms with van der Waals surface area (Å²) < 4.78 is 32.5. The minimum Gasteiger partial charge on any atom is -0.393 e. The van der Waals surface area contributed by atoms with Gasteiger partial charge in [0.25, 0.3) is 5.91 Å². The number of nitrogens with zero attached hydrogens (tertiary/aromatic N) is 2. The van der Waals surface area contributed by atoms with Gasteiger partial charge in [0.15, 0.2) is 9.84 Å². The van der Waals surface area contributed by atoms with E-state index in [4.69, 9.17) is 9.84 Å². The molecule has 0 saturated heterocycles. The highest BCUT2D eigenvalue weighted by Gasteiger charge is 2.22. The lowest BCUT2D eigenvalue weighted by Gasteiger charge is -2.26. The standard InChI is InChI=1S/C31H36N4O5S/c1-35-28-16-13-25(32-20-23-5-3-4-6-29(23)41(38,39)18-17-40-2)19-27(28)30(34-35)21-7-9-22(10-8-21)31(37)33-24-11-14-26(36)15-12-24/h3-10,13,16,19,24,26,32,36H,11-12,14-15,17-18,20H2,1-2H3,(H,33,37). The molecule has 0 unspecified atom stereocenters. The Labute approximate surface area is 240 Å². The van der Waals surface area contributed by atoms with Crippen molar-refractivity contribution in [3.05, 3.63) is 77.9 Å². The summed E-state index contributed by atoms with van der Waals surface area (Å²) in [6.45, 7) is 0.481. The Bertz CT molecular complexity index is 1620. The number of aliphatic hydroxyl groups is 1. The highest BCUT2D eigenvalue weighted by atomic mass is 32.2. The molecule has 1 aliphatic carbocycles. The first-order valence-corrected chi connectivity index (χ1v) is 15.5. The van der Waals surface area contributed by atoms with Crippen LogP contribution in [0, 0.1) is 0 Å². The second kappa shape index (κ2) is 12.4. The number of carbonyl (C=O) groups is 1. The van der Waals surface area contributed by atoms with Crippen LogP contribution in [0.3, 0.4) is 0 Å². The maximum atomic E-state index is 12.8. The van der Waals surface area contributed by atoms with Crippen LogP contribution >= 0.6 is 0 Å². The van der Waals surface area contributed by atoms with Crippen LogP contribution in [0.4, 0.5) is 5.69 Å². The first-order chi connectivity index (χ1) is 19.7. The van der Waals surface area contributed by atoms with Gasteiger partial charge in [0.1, 0.15) is 5.69 Å². The number of aliphatic hydroxyl groups excluding tert-OH is 1. The zero-order valence-electron chi connectivity index (χ0n) is 23.3. The number of anilines is 1. The van der Waals surface area contributed by atoms with Crippen molar-refractivity contribution in [3.63, 3.8) is 0 Å². The van der Waals surface area contributed by atoms with Crippen LogP contribution in [0.25, 0.3) is 22.2 Å². The Kier molecular flexibility index (Phi) is 8.72. The number of benzene rings is 3. The third kappa shape index (κ3) is 6.61. The average molecular weight is 577 g/mol. The summed E-state index contributed by atoms with van der Waals surface area (Å²) in [5.41, 5.74) is 4.75. The van der Waals surface area contributed by atoms with E-state index in [1.165, 1.54) is 7.11 Å². The van der Waals surface area contributed by atoms with Crippen molar-refractivity contribution >= 4 is 32.3 Å². The molecule has 1 fully saturated rings. The van der Waals surface area contributed by atoms with Crippen LogP contribution in [0.15, 0.2) is 71.6 Å². The molecule has 1 saturated carbocycles. The number of hydrogen-bond acceptors (Lipinski definition) is 7. The Morgan fingerprint density at radius 2 is 1.78 bits per heavy atom. The summed E-state index contributed by atoms with van der Waals surface area (Å²) in [6.07, 6.45) is 2.75. The summed E-state index contributed by atoms with van der Waals surface area (Å²) in [5, 5.41) is 21.9. The van der Waals surface area contributed by atoms with E-state index < -0.39 is 9.84 Å². The molecule has 0 spiro atoms. The third-order valence-electron chi connectivity index (χ3n) is 7.65. The zero-order chi connectivity index (χ0) is 29.0. The first-order valence-electron chi connectivity index (χ1n) is 13.8. The summed E-state index contributed by atoms with van der Waals surface area (Å²) >= 11 is 0. The van der Waals surface area contributed by atoms with E-state index in [9.17, 15) is 18.3 Å². The van der Waals surface area contributed by atoms with Crippen LogP contribution in [0.2, 0.25) is 0 Å². The van der Waals surface area contributed by atoms with Gasteiger partial charge in [0.05, 0.1) is 28.9 Å². The van der Waals surface area contributed by atoms with Gasteiger partial charge in [-0.1, -0.05) is 30.3 Å². The van der Waals surface area contributed by atoms with Gasteiger partial charge in [-0.3, -0.25) is 9.48 Å². The number of hydrogen-bond donors (Lipinski definition) is 3. The Balaban J connectivity index is 1.33. The zero-order valence-corrected chi connectivity index (χ0v) is 24.2. The molecule has 0 atom stereocenters. The number of carbonyl (C=O) groups excluding carboxylic acids is 1. The minimum absolute atomic E-state index is 0.0727. The monoisotopic (exact) mass is 576 g/mol. The van der Waals surface area contributed by atoms with E-state index in [-0.39, 0.29) is 30.4 Å².